The normalized spacial score (nSPS) is 12.4. The van der Waals surface area contributed by atoms with E-state index in [0.717, 1.165) is 12.1 Å². The molecule has 1 atom stereocenters. The zero-order valence-electron chi connectivity index (χ0n) is 12.8. The summed E-state index contributed by atoms with van der Waals surface area (Å²) in [5, 5.41) is 14.0. The van der Waals surface area contributed by atoms with E-state index < -0.39 is 29.5 Å². The van der Waals surface area contributed by atoms with Gasteiger partial charge in [-0.2, -0.15) is 0 Å². The van der Waals surface area contributed by atoms with Gasteiger partial charge < -0.3 is 15.7 Å². The van der Waals surface area contributed by atoms with Crippen LogP contribution in [0.5, 0.6) is 0 Å². The molecule has 0 spiro atoms. The van der Waals surface area contributed by atoms with Crippen LogP contribution in [0.1, 0.15) is 32.8 Å². The molecule has 6 heteroatoms. The smallest absolute Gasteiger partial charge is 0.319 e. The van der Waals surface area contributed by atoms with Crippen LogP contribution in [0.2, 0.25) is 0 Å². The van der Waals surface area contributed by atoms with Crippen LogP contribution >= 0.6 is 0 Å². The van der Waals surface area contributed by atoms with Crippen molar-refractivity contribution in [1.29, 1.82) is 0 Å². The van der Waals surface area contributed by atoms with E-state index in [9.17, 15) is 18.7 Å². The van der Waals surface area contributed by atoms with Crippen LogP contribution in [0.4, 0.5) is 19.3 Å². The van der Waals surface area contributed by atoms with E-state index >= 15 is 0 Å². The molecule has 4 nitrogen and oxygen atoms in total. The van der Waals surface area contributed by atoms with Crippen molar-refractivity contribution in [2.45, 2.75) is 33.3 Å². The number of rotatable bonds is 5. The first-order valence-electron chi connectivity index (χ1n) is 6.83. The fourth-order valence-electron chi connectivity index (χ4n) is 2.13. The van der Waals surface area contributed by atoms with Crippen LogP contribution in [0.25, 0.3) is 0 Å². The summed E-state index contributed by atoms with van der Waals surface area (Å²) in [6.07, 6.45) is 5.04. The monoisotopic (exact) mass is 310 g/mol. The Kier molecular flexibility index (Phi) is 5.89. The van der Waals surface area contributed by atoms with Crippen molar-refractivity contribution in [2.24, 2.45) is 5.41 Å². The van der Waals surface area contributed by atoms with E-state index in [1.165, 1.54) is 0 Å². The van der Waals surface area contributed by atoms with Gasteiger partial charge in [0.1, 0.15) is 5.69 Å². The predicted octanol–water partition coefficient (Wildman–Crippen LogP) is 2.86. The highest BCUT2D eigenvalue weighted by Crippen LogP contribution is 2.22. The Morgan fingerprint density at radius 3 is 2.41 bits per heavy atom. The number of halogens is 2. The van der Waals surface area contributed by atoms with Crippen LogP contribution in [0.3, 0.4) is 0 Å². The molecule has 0 aliphatic heterocycles. The molecule has 1 rings (SSSR count). The minimum absolute atomic E-state index is 0.0547. The van der Waals surface area contributed by atoms with E-state index in [1.807, 2.05) is 13.8 Å². The maximum atomic E-state index is 13.7. The molecule has 22 heavy (non-hydrogen) atoms. The molecule has 0 aliphatic carbocycles. The highest BCUT2D eigenvalue weighted by molar-refractivity contribution is 5.89. The van der Waals surface area contributed by atoms with Crippen molar-refractivity contribution in [3.05, 3.63) is 29.3 Å². The summed E-state index contributed by atoms with van der Waals surface area (Å²) in [5.74, 6) is 0.243. The van der Waals surface area contributed by atoms with Crippen LogP contribution in [0, 0.1) is 29.4 Å². The Morgan fingerprint density at radius 2 is 1.95 bits per heavy atom. The van der Waals surface area contributed by atoms with Gasteiger partial charge >= 0.3 is 6.03 Å². The minimum atomic E-state index is -0.939. The molecule has 0 saturated carbocycles. The summed E-state index contributed by atoms with van der Waals surface area (Å²) in [7, 11) is 0. The molecule has 0 aliphatic rings. The summed E-state index contributed by atoms with van der Waals surface area (Å²) in [4.78, 5) is 11.7. The second-order valence-electron chi connectivity index (χ2n) is 5.98. The summed E-state index contributed by atoms with van der Waals surface area (Å²) in [5.41, 5.74) is -0.848. The Labute approximate surface area is 128 Å². The minimum Gasteiger partial charge on any atom is -0.393 e. The van der Waals surface area contributed by atoms with Gasteiger partial charge in [0.05, 0.1) is 6.10 Å². The third-order valence-electron chi connectivity index (χ3n) is 3.02. The Bertz CT molecular complexity index is 569. The molecule has 0 bridgehead atoms. The van der Waals surface area contributed by atoms with Gasteiger partial charge in [0.15, 0.2) is 11.6 Å². The molecule has 0 fully saturated rings. The average molecular weight is 310 g/mol. The maximum Gasteiger partial charge on any atom is 0.319 e. The topological polar surface area (TPSA) is 61.4 Å². The van der Waals surface area contributed by atoms with Crippen molar-refractivity contribution < 1.29 is 18.7 Å². The Morgan fingerprint density at radius 1 is 1.41 bits per heavy atom. The van der Waals surface area contributed by atoms with E-state index in [2.05, 4.69) is 16.6 Å². The van der Waals surface area contributed by atoms with Crippen molar-refractivity contribution in [3.63, 3.8) is 0 Å². The highest BCUT2D eigenvalue weighted by atomic mass is 19.1. The molecule has 1 aromatic carbocycles. The van der Waals surface area contributed by atoms with Crippen molar-refractivity contribution in [2.75, 3.05) is 11.9 Å². The largest absolute Gasteiger partial charge is 0.393 e. The Balaban J connectivity index is 2.69. The van der Waals surface area contributed by atoms with Crippen LogP contribution < -0.4 is 10.6 Å². The first-order valence-corrected chi connectivity index (χ1v) is 6.83. The Hall–Kier alpha value is -2.13. The lowest BCUT2D eigenvalue weighted by atomic mass is 9.87. The summed E-state index contributed by atoms with van der Waals surface area (Å²) >= 11 is 0. The van der Waals surface area contributed by atoms with Gasteiger partial charge in [-0.3, -0.25) is 0 Å². The molecule has 0 radical (unpaired) electrons. The number of aliphatic hydroxyl groups is 1. The molecule has 3 N–H and O–H groups in total. The average Bonchev–Trinajstić information content (AvgIpc) is 2.39. The van der Waals surface area contributed by atoms with Gasteiger partial charge in [-0.05, 0) is 30.9 Å². The summed E-state index contributed by atoms with van der Waals surface area (Å²) < 4.78 is 27.4. The fraction of sp³-hybridized carbons (Fsp3) is 0.438. The number of benzene rings is 1. The van der Waals surface area contributed by atoms with Gasteiger partial charge in [0, 0.05) is 12.1 Å². The zero-order valence-corrected chi connectivity index (χ0v) is 12.8. The van der Waals surface area contributed by atoms with E-state index in [-0.39, 0.29) is 17.5 Å². The number of urea groups is 1. The quantitative estimate of drug-likeness (QED) is 0.732. The zero-order chi connectivity index (χ0) is 16.9. The summed E-state index contributed by atoms with van der Waals surface area (Å²) in [6.45, 7) is 5.63. The lowest BCUT2D eigenvalue weighted by Crippen LogP contribution is -2.38. The SMILES string of the molecule is C#Cc1cc(F)c(NC(=O)NCC(C)(C)CC(C)O)c(F)c1. The number of nitrogens with one attached hydrogen (secondary N) is 2. The maximum absolute atomic E-state index is 13.7. The van der Waals surface area contributed by atoms with Gasteiger partial charge in [-0.1, -0.05) is 19.8 Å². The first-order chi connectivity index (χ1) is 10.1. The van der Waals surface area contributed by atoms with Gasteiger partial charge in [-0.15, -0.1) is 6.42 Å². The molecule has 1 unspecified atom stereocenters. The lowest BCUT2D eigenvalue weighted by Gasteiger charge is -2.26. The van der Waals surface area contributed by atoms with Crippen molar-refractivity contribution in [3.8, 4) is 12.3 Å². The standard InChI is InChI=1S/C16H20F2N2O2/c1-5-11-6-12(17)14(13(18)7-11)20-15(22)19-9-16(3,4)8-10(2)21/h1,6-7,10,21H,8-9H2,2-4H3,(H2,19,20,22). The number of anilines is 1. The predicted molar refractivity (Wildman–Crippen MR) is 81.4 cm³/mol. The molecular weight excluding hydrogens is 290 g/mol. The van der Waals surface area contributed by atoms with E-state index in [0.29, 0.717) is 6.42 Å². The van der Waals surface area contributed by atoms with E-state index in [4.69, 9.17) is 6.42 Å². The number of carbonyl (C=O) groups excluding carboxylic acids is 1. The number of hydrogen-bond acceptors (Lipinski definition) is 2. The summed E-state index contributed by atoms with van der Waals surface area (Å²) in [6, 6.07) is 1.21. The second kappa shape index (κ2) is 7.23. The number of amides is 2. The van der Waals surface area contributed by atoms with Gasteiger partial charge in [0.2, 0.25) is 0 Å². The molecule has 0 saturated heterocycles. The first kappa shape index (κ1) is 17.9. The molecule has 2 amide bonds. The number of terminal acetylenes is 1. The van der Waals surface area contributed by atoms with Gasteiger partial charge in [-0.25, -0.2) is 13.6 Å². The number of hydrogen-bond donors (Lipinski definition) is 3. The number of carbonyl (C=O) groups is 1. The van der Waals surface area contributed by atoms with Crippen LogP contribution in [-0.4, -0.2) is 23.8 Å². The molecule has 0 aromatic heterocycles. The molecule has 1 aromatic rings. The van der Waals surface area contributed by atoms with Crippen LogP contribution in [-0.2, 0) is 0 Å². The van der Waals surface area contributed by atoms with Crippen molar-refractivity contribution >= 4 is 11.7 Å². The van der Waals surface area contributed by atoms with Crippen molar-refractivity contribution in [1.82, 2.24) is 5.32 Å². The van der Waals surface area contributed by atoms with E-state index in [1.54, 1.807) is 6.92 Å². The third kappa shape index (κ3) is 5.34. The fourth-order valence-corrected chi connectivity index (χ4v) is 2.13. The highest BCUT2D eigenvalue weighted by Gasteiger charge is 2.22. The lowest BCUT2D eigenvalue weighted by molar-refractivity contribution is 0.129. The van der Waals surface area contributed by atoms with Gasteiger partial charge in [0.25, 0.3) is 0 Å². The second-order valence-corrected chi connectivity index (χ2v) is 5.98. The molecule has 0 heterocycles. The molecular formula is C16H20F2N2O2. The van der Waals surface area contributed by atoms with Crippen LogP contribution in [0.15, 0.2) is 12.1 Å². The third-order valence-corrected chi connectivity index (χ3v) is 3.02. The number of aliphatic hydroxyl groups excluding tert-OH is 1. The molecule has 120 valence electrons.